The van der Waals surface area contributed by atoms with Crippen molar-refractivity contribution in [2.75, 3.05) is 26.8 Å². The third-order valence-electron chi connectivity index (χ3n) is 2.89. The lowest BCUT2D eigenvalue weighted by molar-refractivity contribution is 0.0588. The van der Waals surface area contributed by atoms with E-state index >= 15 is 0 Å². The minimum Gasteiger partial charge on any atom is -0.490 e. The SMILES string of the molecule is CNCC(C)(O)c1ccc2c(c1)OCCCO2. The van der Waals surface area contributed by atoms with Crippen LogP contribution in [0, 0.1) is 0 Å². The highest BCUT2D eigenvalue weighted by Gasteiger charge is 2.24. The molecule has 0 spiro atoms. The molecular weight excluding hydrogens is 218 g/mol. The summed E-state index contributed by atoms with van der Waals surface area (Å²) >= 11 is 0. The van der Waals surface area contributed by atoms with Crippen LogP contribution >= 0.6 is 0 Å². The highest BCUT2D eigenvalue weighted by molar-refractivity contribution is 5.45. The van der Waals surface area contributed by atoms with Crippen LogP contribution in [0.1, 0.15) is 18.9 Å². The third kappa shape index (κ3) is 2.70. The molecule has 0 aliphatic carbocycles. The van der Waals surface area contributed by atoms with E-state index in [1.54, 1.807) is 6.92 Å². The number of hydrogen-bond donors (Lipinski definition) is 2. The minimum atomic E-state index is -0.903. The molecule has 1 aromatic carbocycles. The van der Waals surface area contributed by atoms with Gasteiger partial charge in [0.2, 0.25) is 0 Å². The summed E-state index contributed by atoms with van der Waals surface area (Å²) in [7, 11) is 1.82. The largest absolute Gasteiger partial charge is 0.490 e. The Balaban J connectivity index is 2.29. The smallest absolute Gasteiger partial charge is 0.161 e. The van der Waals surface area contributed by atoms with Crippen molar-refractivity contribution >= 4 is 0 Å². The van der Waals surface area contributed by atoms with Gasteiger partial charge in [0.1, 0.15) is 0 Å². The molecule has 2 rings (SSSR count). The van der Waals surface area contributed by atoms with Crippen LogP contribution in [0.3, 0.4) is 0 Å². The zero-order valence-corrected chi connectivity index (χ0v) is 10.3. The predicted molar refractivity (Wildman–Crippen MR) is 65.5 cm³/mol. The van der Waals surface area contributed by atoms with E-state index in [4.69, 9.17) is 9.47 Å². The average molecular weight is 237 g/mol. The van der Waals surface area contributed by atoms with E-state index in [2.05, 4.69) is 5.32 Å². The summed E-state index contributed by atoms with van der Waals surface area (Å²) in [6, 6.07) is 5.60. The quantitative estimate of drug-likeness (QED) is 0.831. The Morgan fingerprint density at radius 1 is 1.29 bits per heavy atom. The number of benzene rings is 1. The van der Waals surface area contributed by atoms with Gasteiger partial charge in [-0.05, 0) is 31.7 Å². The van der Waals surface area contributed by atoms with Crippen molar-refractivity contribution in [1.29, 1.82) is 0 Å². The predicted octanol–water partition coefficient (Wildman–Crippen LogP) is 1.27. The summed E-state index contributed by atoms with van der Waals surface area (Å²) in [6.45, 7) is 3.61. The molecule has 1 aliphatic heterocycles. The molecule has 0 saturated carbocycles. The van der Waals surface area contributed by atoms with Crippen LogP contribution < -0.4 is 14.8 Å². The van der Waals surface area contributed by atoms with Gasteiger partial charge >= 0.3 is 0 Å². The van der Waals surface area contributed by atoms with E-state index in [9.17, 15) is 5.11 Å². The number of nitrogens with one attached hydrogen (secondary N) is 1. The van der Waals surface area contributed by atoms with Gasteiger partial charge in [-0.3, -0.25) is 0 Å². The zero-order chi connectivity index (χ0) is 12.3. The van der Waals surface area contributed by atoms with Gasteiger partial charge in [0.05, 0.1) is 18.8 Å². The normalized spacial score (nSPS) is 18.3. The van der Waals surface area contributed by atoms with Crippen molar-refractivity contribution < 1.29 is 14.6 Å². The van der Waals surface area contributed by atoms with E-state index in [1.807, 2.05) is 25.2 Å². The molecule has 4 heteroatoms. The molecule has 1 atom stereocenters. The Bertz CT molecular complexity index is 390. The van der Waals surface area contributed by atoms with Crippen LogP contribution in [0.2, 0.25) is 0 Å². The number of aliphatic hydroxyl groups is 1. The summed E-state index contributed by atoms with van der Waals surface area (Å²) in [5.41, 5.74) is -0.0736. The first-order valence-electron chi connectivity index (χ1n) is 5.90. The van der Waals surface area contributed by atoms with Gasteiger partial charge in [-0.2, -0.15) is 0 Å². The van der Waals surface area contributed by atoms with Crippen LogP contribution in [0.15, 0.2) is 18.2 Å². The van der Waals surface area contributed by atoms with Gasteiger partial charge in [0.25, 0.3) is 0 Å². The van der Waals surface area contributed by atoms with Crippen molar-refractivity contribution in [3.05, 3.63) is 23.8 Å². The van der Waals surface area contributed by atoms with E-state index in [1.165, 1.54) is 0 Å². The van der Waals surface area contributed by atoms with Gasteiger partial charge in [0.15, 0.2) is 11.5 Å². The highest BCUT2D eigenvalue weighted by atomic mass is 16.5. The fraction of sp³-hybridized carbons (Fsp3) is 0.538. The van der Waals surface area contributed by atoms with E-state index < -0.39 is 5.60 Å². The Morgan fingerprint density at radius 3 is 2.71 bits per heavy atom. The molecule has 1 aromatic rings. The van der Waals surface area contributed by atoms with Crippen LogP contribution in [0.25, 0.3) is 0 Å². The molecule has 4 nitrogen and oxygen atoms in total. The summed E-state index contributed by atoms with van der Waals surface area (Å²) < 4.78 is 11.2. The van der Waals surface area contributed by atoms with Crippen molar-refractivity contribution in [1.82, 2.24) is 5.32 Å². The fourth-order valence-electron chi connectivity index (χ4n) is 1.94. The van der Waals surface area contributed by atoms with Gasteiger partial charge in [-0.15, -0.1) is 0 Å². The van der Waals surface area contributed by atoms with Crippen LogP contribution in [0.5, 0.6) is 11.5 Å². The number of rotatable bonds is 3. The number of hydrogen-bond acceptors (Lipinski definition) is 4. The van der Waals surface area contributed by atoms with Crippen LogP contribution in [-0.2, 0) is 5.60 Å². The van der Waals surface area contributed by atoms with E-state index in [0.29, 0.717) is 19.8 Å². The number of likely N-dealkylation sites (N-methyl/N-ethyl adjacent to an activating group) is 1. The molecule has 0 radical (unpaired) electrons. The zero-order valence-electron chi connectivity index (χ0n) is 10.3. The lowest BCUT2D eigenvalue weighted by atomic mass is 9.95. The van der Waals surface area contributed by atoms with E-state index in [-0.39, 0.29) is 0 Å². The number of fused-ring (bicyclic) bond motifs is 1. The minimum absolute atomic E-state index is 0.493. The molecule has 17 heavy (non-hydrogen) atoms. The first kappa shape index (κ1) is 12.2. The molecule has 1 unspecified atom stereocenters. The van der Waals surface area contributed by atoms with Crippen LogP contribution in [-0.4, -0.2) is 31.9 Å². The Morgan fingerprint density at radius 2 is 2.00 bits per heavy atom. The van der Waals surface area contributed by atoms with Gasteiger partial charge < -0.3 is 19.9 Å². The van der Waals surface area contributed by atoms with Crippen molar-refractivity contribution in [2.24, 2.45) is 0 Å². The molecule has 0 bridgehead atoms. The fourth-order valence-corrected chi connectivity index (χ4v) is 1.94. The molecule has 2 N–H and O–H groups in total. The second kappa shape index (κ2) is 4.94. The lowest BCUT2D eigenvalue weighted by Crippen LogP contribution is -2.33. The van der Waals surface area contributed by atoms with Crippen molar-refractivity contribution in [3.8, 4) is 11.5 Å². The molecule has 0 saturated heterocycles. The summed E-state index contributed by atoms with van der Waals surface area (Å²) in [5, 5.41) is 13.3. The maximum Gasteiger partial charge on any atom is 0.161 e. The first-order valence-corrected chi connectivity index (χ1v) is 5.90. The maximum absolute atomic E-state index is 10.3. The average Bonchev–Trinajstić information content (AvgIpc) is 2.52. The molecule has 0 amide bonds. The first-order chi connectivity index (χ1) is 8.13. The van der Waals surface area contributed by atoms with Gasteiger partial charge in [-0.1, -0.05) is 6.07 Å². The van der Waals surface area contributed by atoms with E-state index in [0.717, 1.165) is 23.5 Å². The molecule has 0 aromatic heterocycles. The van der Waals surface area contributed by atoms with Gasteiger partial charge in [-0.25, -0.2) is 0 Å². The maximum atomic E-state index is 10.3. The molecule has 94 valence electrons. The summed E-state index contributed by atoms with van der Waals surface area (Å²) in [4.78, 5) is 0. The topological polar surface area (TPSA) is 50.7 Å². The second-order valence-electron chi connectivity index (χ2n) is 4.52. The van der Waals surface area contributed by atoms with Crippen LogP contribution in [0.4, 0.5) is 0 Å². The molecule has 0 fully saturated rings. The summed E-state index contributed by atoms with van der Waals surface area (Å²) in [6.07, 6.45) is 0.886. The van der Waals surface area contributed by atoms with Crippen molar-refractivity contribution in [3.63, 3.8) is 0 Å². The Labute approximate surface area is 102 Å². The summed E-state index contributed by atoms with van der Waals surface area (Å²) in [5.74, 6) is 1.47. The Kier molecular flexibility index (Phi) is 3.54. The molecule has 1 heterocycles. The molecule has 1 aliphatic rings. The lowest BCUT2D eigenvalue weighted by Gasteiger charge is -2.24. The highest BCUT2D eigenvalue weighted by Crippen LogP contribution is 2.33. The second-order valence-corrected chi connectivity index (χ2v) is 4.52. The standard InChI is InChI=1S/C13H19NO3/c1-13(15,9-14-2)10-4-5-11-12(8-10)17-7-3-6-16-11/h4-5,8,14-15H,3,6-7,9H2,1-2H3. The van der Waals surface area contributed by atoms with Gasteiger partial charge in [0, 0.05) is 13.0 Å². The monoisotopic (exact) mass is 237 g/mol. The van der Waals surface area contributed by atoms with Crippen molar-refractivity contribution in [2.45, 2.75) is 18.9 Å². The molecular formula is C13H19NO3. The third-order valence-corrected chi connectivity index (χ3v) is 2.89. The number of ether oxygens (including phenoxy) is 2. The Hall–Kier alpha value is -1.26.